The van der Waals surface area contributed by atoms with Crippen LogP contribution in [0.4, 0.5) is 28.4 Å². The fourth-order valence-corrected chi connectivity index (χ4v) is 14.4. The Morgan fingerprint density at radius 3 is 1.58 bits per heavy atom. The average Bonchev–Trinajstić information content (AvgIpc) is 2.50. The second kappa shape index (κ2) is 17.1. The normalized spacial score (nSPS) is 16.4. The number of nitrogens with one attached hydrogen (secondary N) is 1. The van der Waals surface area contributed by atoms with Crippen molar-refractivity contribution in [3.05, 3.63) is 222 Å². The number of anilines is 5. The van der Waals surface area contributed by atoms with Gasteiger partial charge in [-0.25, -0.2) is 0 Å². The molecule has 0 saturated carbocycles. The molecule has 2 aromatic heterocycles. The molecule has 0 amide bonds. The summed E-state index contributed by atoms with van der Waals surface area (Å²) in [5.74, 6) is 0. The van der Waals surface area contributed by atoms with Crippen LogP contribution >= 0.6 is 0 Å². The molecular weight excluding hydrogens is 956 g/mol. The second-order valence-electron chi connectivity index (χ2n) is 25.8. The van der Waals surface area contributed by atoms with Gasteiger partial charge in [0.05, 0.1) is 27.8 Å². The molecule has 10 aromatic carbocycles. The van der Waals surface area contributed by atoms with Crippen LogP contribution < -0.4 is 21.1 Å². The van der Waals surface area contributed by atoms with E-state index in [9.17, 15) is 0 Å². The molecular formula is C74H66BN4. The predicted molar refractivity (Wildman–Crippen MR) is 338 cm³/mol. The Kier molecular flexibility index (Phi) is 10.4. The Balaban J connectivity index is 1.10. The lowest BCUT2D eigenvalue weighted by atomic mass is 9.55. The first-order valence-corrected chi connectivity index (χ1v) is 28.7. The van der Waals surface area contributed by atoms with Crippen LogP contribution in [0.5, 0.6) is 0 Å². The van der Waals surface area contributed by atoms with Gasteiger partial charge in [-0.1, -0.05) is 170 Å². The number of rotatable bonds is 7. The minimum absolute atomic E-state index is 0.0248. The molecule has 12 aromatic rings. The summed E-state index contributed by atoms with van der Waals surface area (Å²) in [7, 11) is 2.56. The standard InChI is InChI=1S/C74H66BN4/c1-71(2)35-36-72(3,4)58-41-48(31-33-57(58)71)76-62-34-32-51(77(49-23-11-9-12-24-49)50-25-13-10-14-26-50)42-54(62)55-43-67(78-63-29-19-17-27-52(63)53-28-18-20-30-64(53)78)68-56-39-46-21-15-16-22-47(46)40-65(56)79-66-45-60-59(44-61(66)75-69(55)70(68)79)73(5,6)37-38-74(60,7)8/h9-34,39-45,76H,35-38H2,1-8H3. The number of nitrogens with zero attached hydrogens (tertiary/aromatic N) is 3. The van der Waals surface area contributed by atoms with E-state index in [-0.39, 0.29) is 21.7 Å². The molecule has 0 fully saturated rings. The molecule has 385 valence electrons. The molecule has 0 spiro atoms. The Morgan fingerprint density at radius 1 is 0.405 bits per heavy atom. The lowest BCUT2D eigenvalue weighted by molar-refractivity contribution is 0.332. The van der Waals surface area contributed by atoms with Gasteiger partial charge in [-0.15, -0.1) is 0 Å². The third kappa shape index (κ3) is 7.34. The van der Waals surface area contributed by atoms with Crippen molar-refractivity contribution >= 4 is 101 Å². The Morgan fingerprint density at radius 2 is 0.949 bits per heavy atom. The molecule has 15 rings (SSSR count). The lowest BCUT2D eigenvalue weighted by Crippen LogP contribution is -2.41. The molecule has 4 nitrogen and oxygen atoms in total. The van der Waals surface area contributed by atoms with E-state index in [1.807, 2.05) is 0 Å². The summed E-state index contributed by atoms with van der Waals surface area (Å²) in [5.41, 5.74) is 23.5. The van der Waals surface area contributed by atoms with Crippen molar-refractivity contribution in [1.82, 2.24) is 9.13 Å². The largest absolute Gasteiger partial charge is 0.355 e. The highest BCUT2D eigenvalue weighted by atomic mass is 15.1. The van der Waals surface area contributed by atoms with Crippen molar-refractivity contribution in [2.75, 3.05) is 10.2 Å². The van der Waals surface area contributed by atoms with E-state index in [2.05, 4.69) is 282 Å². The van der Waals surface area contributed by atoms with Gasteiger partial charge in [0.25, 0.3) is 0 Å². The van der Waals surface area contributed by atoms with Crippen LogP contribution in [0.25, 0.3) is 76.9 Å². The van der Waals surface area contributed by atoms with Gasteiger partial charge in [0, 0.05) is 61.2 Å². The summed E-state index contributed by atoms with van der Waals surface area (Å²) in [6.45, 7) is 19.5. The smallest absolute Gasteiger partial charge is 0.197 e. The van der Waals surface area contributed by atoms with Crippen LogP contribution in [0.3, 0.4) is 0 Å². The lowest BCUT2D eigenvalue weighted by Gasteiger charge is -2.43. The van der Waals surface area contributed by atoms with Crippen molar-refractivity contribution < 1.29 is 0 Å². The molecule has 1 aliphatic heterocycles. The minimum Gasteiger partial charge on any atom is -0.355 e. The third-order valence-electron chi connectivity index (χ3n) is 19.0. The molecule has 5 heteroatoms. The monoisotopic (exact) mass is 1020 g/mol. The molecule has 0 saturated heterocycles. The summed E-state index contributed by atoms with van der Waals surface area (Å²) < 4.78 is 5.25. The van der Waals surface area contributed by atoms with Gasteiger partial charge >= 0.3 is 0 Å². The van der Waals surface area contributed by atoms with Crippen molar-refractivity contribution in [3.8, 4) is 22.5 Å². The maximum absolute atomic E-state index is 4.16. The number of para-hydroxylation sites is 4. The molecule has 0 bridgehead atoms. The highest BCUT2D eigenvalue weighted by molar-refractivity contribution is 6.73. The Labute approximate surface area is 465 Å². The number of fused-ring (bicyclic) bond motifs is 11. The number of benzene rings is 10. The summed E-state index contributed by atoms with van der Waals surface area (Å²) in [5, 5.41) is 11.6. The zero-order valence-electron chi connectivity index (χ0n) is 46.8. The van der Waals surface area contributed by atoms with Crippen LogP contribution in [-0.2, 0) is 21.7 Å². The van der Waals surface area contributed by atoms with Crippen LogP contribution in [0.15, 0.2) is 200 Å². The van der Waals surface area contributed by atoms with Crippen LogP contribution in [0.2, 0.25) is 0 Å². The van der Waals surface area contributed by atoms with E-state index in [0.717, 1.165) is 53.3 Å². The zero-order chi connectivity index (χ0) is 53.7. The second-order valence-corrected chi connectivity index (χ2v) is 25.8. The summed E-state index contributed by atoms with van der Waals surface area (Å²) in [6, 6.07) is 75.6. The summed E-state index contributed by atoms with van der Waals surface area (Å²) in [6.07, 6.45) is 4.62. The molecule has 3 heterocycles. The summed E-state index contributed by atoms with van der Waals surface area (Å²) in [4.78, 5) is 2.41. The van der Waals surface area contributed by atoms with Crippen LogP contribution in [0, 0.1) is 0 Å². The SMILES string of the molecule is CC1(C)CCC(C)(C)c2cc(Nc3ccc(N(c4ccccc4)c4ccccc4)cc3-c3cc(-n4c5ccccc5c5ccccc54)c4c5cc6ccccc6cc5n5c4c3[B]c3cc4c(cc3-5)C(C)(C)CCC4(C)C)ccc21. The first kappa shape index (κ1) is 47.9. The highest BCUT2D eigenvalue weighted by Crippen LogP contribution is 2.51. The Bertz CT molecular complexity index is 4400. The van der Waals surface area contributed by atoms with Crippen molar-refractivity contribution in [3.63, 3.8) is 0 Å². The number of hydrogen-bond donors (Lipinski definition) is 1. The molecule has 0 atom stereocenters. The maximum atomic E-state index is 4.16. The van der Waals surface area contributed by atoms with E-state index < -0.39 is 0 Å². The van der Waals surface area contributed by atoms with Crippen LogP contribution in [0.1, 0.15) is 103 Å². The molecule has 1 radical (unpaired) electrons. The van der Waals surface area contributed by atoms with E-state index in [1.165, 1.54) is 111 Å². The average molecular weight is 1020 g/mol. The van der Waals surface area contributed by atoms with Gasteiger partial charge in [0.15, 0.2) is 7.28 Å². The predicted octanol–water partition coefficient (Wildman–Crippen LogP) is 18.6. The maximum Gasteiger partial charge on any atom is 0.197 e. The number of aromatic nitrogens is 2. The quantitative estimate of drug-likeness (QED) is 0.161. The van der Waals surface area contributed by atoms with E-state index >= 15 is 0 Å². The molecule has 1 N–H and O–H groups in total. The zero-order valence-corrected chi connectivity index (χ0v) is 46.8. The van der Waals surface area contributed by atoms with Gasteiger partial charge in [0.2, 0.25) is 0 Å². The fourth-order valence-electron chi connectivity index (χ4n) is 14.4. The topological polar surface area (TPSA) is 25.1 Å². The van der Waals surface area contributed by atoms with Crippen LogP contribution in [-0.4, -0.2) is 16.4 Å². The van der Waals surface area contributed by atoms with Crippen molar-refractivity contribution in [1.29, 1.82) is 0 Å². The first-order chi connectivity index (χ1) is 38.1. The highest BCUT2D eigenvalue weighted by Gasteiger charge is 2.41. The Hall–Kier alpha value is -8.28. The molecule has 3 aliphatic rings. The fraction of sp³-hybridized carbons (Fsp3) is 0.216. The van der Waals surface area contributed by atoms with Gasteiger partial charge in [-0.3, -0.25) is 0 Å². The van der Waals surface area contributed by atoms with E-state index in [0.29, 0.717) is 0 Å². The molecule has 2 aliphatic carbocycles. The minimum atomic E-state index is 0.0248. The van der Waals surface area contributed by atoms with Gasteiger partial charge in [0.1, 0.15) is 0 Å². The van der Waals surface area contributed by atoms with E-state index in [4.69, 9.17) is 0 Å². The molecule has 0 unspecified atom stereocenters. The third-order valence-corrected chi connectivity index (χ3v) is 19.0. The van der Waals surface area contributed by atoms with Crippen molar-refractivity contribution in [2.24, 2.45) is 0 Å². The molecule has 79 heavy (non-hydrogen) atoms. The van der Waals surface area contributed by atoms with Gasteiger partial charge in [-0.05, 0) is 182 Å². The number of hydrogen-bond acceptors (Lipinski definition) is 2. The summed E-state index contributed by atoms with van der Waals surface area (Å²) >= 11 is 0. The van der Waals surface area contributed by atoms with Crippen molar-refractivity contribution in [2.45, 2.75) is 103 Å². The van der Waals surface area contributed by atoms with E-state index in [1.54, 1.807) is 0 Å². The first-order valence-electron chi connectivity index (χ1n) is 28.7. The van der Waals surface area contributed by atoms with Gasteiger partial charge in [-0.2, -0.15) is 0 Å². The van der Waals surface area contributed by atoms with Gasteiger partial charge < -0.3 is 19.4 Å².